The Morgan fingerprint density at radius 3 is 2.38 bits per heavy atom. The van der Waals surface area contributed by atoms with E-state index in [0.717, 1.165) is 36.6 Å². The van der Waals surface area contributed by atoms with Gasteiger partial charge in [-0.2, -0.15) is 0 Å². The van der Waals surface area contributed by atoms with Crippen LogP contribution in [-0.2, 0) is 4.79 Å². The zero-order valence-electron chi connectivity index (χ0n) is 17.4. The van der Waals surface area contributed by atoms with Gasteiger partial charge in [0.05, 0.1) is 4.92 Å². The highest BCUT2D eigenvalue weighted by atomic mass is 16.6. The molecule has 0 spiro atoms. The summed E-state index contributed by atoms with van der Waals surface area (Å²) >= 11 is 0. The lowest BCUT2D eigenvalue weighted by Crippen LogP contribution is -2.41. The van der Waals surface area contributed by atoms with E-state index in [1.54, 1.807) is 12.1 Å². The summed E-state index contributed by atoms with van der Waals surface area (Å²) < 4.78 is 0. The number of amides is 1. The fourth-order valence-electron chi connectivity index (χ4n) is 3.40. The van der Waals surface area contributed by atoms with Crippen LogP contribution in [0.5, 0.6) is 0 Å². The average molecular weight is 397 g/mol. The summed E-state index contributed by atoms with van der Waals surface area (Å²) in [6, 6.07) is 8.20. The van der Waals surface area contributed by atoms with E-state index in [0.29, 0.717) is 18.9 Å². The third-order valence-electron chi connectivity index (χ3n) is 4.93. The second-order valence-electron chi connectivity index (χ2n) is 8.38. The molecule has 2 heterocycles. The number of nitro groups is 1. The van der Waals surface area contributed by atoms with Crippen molar-refractivity contribution in [1.29, 1.82) is 0 Å². The van der Waals surface area contributed by atoms with Crippen LogP contribution < -0.4 is 4.90 Å². The van der Waals surface area contributed by atoms with E-state index in [-0.39, 0.29) is 17.0 Å². The first-order chi connectivity index (χ1) is 13.6. The second-order valence-corrected chi connectivity index (χ2v) is 8.38. The van der Waals surface area contributed by atoms with Gasteiger partial charge in [0.1, 0.15) is 5.82 Å². The third-order valence-corrected chi connectivity index (χ3v) is 4.93. The number of hydrogen-bond donors (Lipinski definition) is 0. The number of aromatic nitrogens is 2. The number of nitrogens with zero attached hydrogens (tertiary/aromatic N) is 5. The van der Waals surface area contributed by atoms with Crippen LogP contribution in [0.15, 0.2) is 30.3 Å². The topological polar surface area (TPSA) is 92.5 Å². The number of benzene rings is 1. The van der Waals surface area contributed by atoms with Crippen molar-refractivity contribution in [2.75, 3.05) is 31.1 Å². The van der Waals surface area contributed by atoms with E-state index in [2.05, 4.69) is 9.88 Å². The van der Waals surface area contributed by atoms with Crippen molar-refractivity contribution < 1.29 is 9.72 Å². The molecule has 0 saturated carbocycles. The molecule has 1 saturated heterocycles. The summed E-state index contributed by atoms with van der Waals surface area (Å²) in [6.07, 6.45) is 0.873. The monoisotopic (exact) mass is 397 g/mol. The molecule has 8 heteroatoms. The highest BCUT2D eigenvalue weighted by Gasteiger charge is 2.29. The lowest BCUT2D eigenvalue weighted by Gasteiger charge is -2.28. The molecular formula is C21H27N5O3. The van der Waals surface area contributed by atoms with Crippen LogP contribution in [0.25, 0.3) is 11.4 Å². The van der Waals surface area contributed by atoms with Gasteiger partial charge in [-0.3, -0.25) is 14.9 Å². The summed E-state index contributed by atoms with van der Waals surface area (Å²) in [5.41, 5.74) is 1.22. The van der Waals surface area contributed by atoms with Crippen LogP contribution in [0.4, 0.5) is 11.5 Å². The molecule has 1 amide bonds. The van der Waals surface area contributed by atoms with Gasteiger partial charge in [-0.15, -0.1) is 0 Å². The SMILES string of the molecule is Cc1cc(N2CCCN(C(=O)C(C)(C)C)CC2)nc(-c2ccc([N+](=O)[O-])cc2)n1. The Morgan fingerprint density at radius 2 is 1.76 bits per heavy atom. The van der Waals surface area contributed by atoms with Crippen molar-refractivity contribution in [3.05, 3.63) is 46.1 Å². The molecule has 2 aromatic rings. The minimum Gasteiger partial charge on any atom is -0.355 e. The molecule has 0 unspecified atom stereocenters. The molecule has 8 nitrogen and oxygen atoms in total. The van der Waals surface area contributed by atoms with Gasteiger partial charge in [0.2, 0.25) is 5.91 Å². The molecule has 1 aromatic carbocycles. The molecule has 1 aliphatic rings. The highest BCUT2D eigenvalue weighted by Crippen LogP contribution is 2.24. The zero-order chi connectivity index (χ0) is 21.2. The maximum Gasteiger partial charge on any atom is 0.269 e. The van der Waals surface area contributed by atoms with Gasteiger partial charge in [0.15, 0.2) is 5.82 Å². The van der Waals surface area contributed by atoms with Crippen LogP contribution in [0.3, 0.4) is 0 Å². The Balaban J connectivity index is 1.81. The van der Waals surface area contributed by atoms with E-state index in [9.17, 15) is 14.9 Å². The first-order valence-corrected chi connectivity index (χ1v) is 9.80. The molecule has 29 heavy (non-hydrogen) atoms. The minimum atomic E-state index is -0.422. The van der Waals surface area contributed by atoms with E-state index < -0.39 is 4.92 Å². The molecule has 0 atom stereocenters. The first-order valence-electron chi connectivity index (χ1n) is 9.80. The average Bonchev–Trinajstić information content (AvgIpc) is 2.92. The second kappa shape index (κ2) is 8.14. The number of non-ortho nitro benzene ring substituents is 1. The molecule has 0 bridgehead atoms. The molecule has 3 rings (SSSR count). The van der Waals surface area contributed by atoms with Crippen molar-refractivity contribution >= 4 is 17.4 Å². The normalized spacial score (nSPS) is 15.2. The molecular weight excluding hydrogens is 370 g/mol. The van der Waals surface area contributed by atoms with Gasteiger partial charge < -0.3 is 9.80 Å². The molecule has 154 valence electrons. The first kappa shape index (κ1) is 20.7. The maximum atomic E-state index is 12.6. The number of rotatable bonds is 3. The van der Waals surface area contributed by atoms with Gasteiger partial charge >= 0.3 is 0 Å². The number of aryl methyl sites for hydroxylation is 1. The van der Waals surface area contributed by atoms with E-state index >= 15 is 0 Å². The Bertz CT molecular complexity index is 906. The largest absolute Gasteiger partial charge is 0.355 e. The minimum absolute atomic E-state index is 0.0396. The quantitative estimate of drug-likeness (QED) is 0.582. The fraction of sp³-hybridized carbons (Fsp3) is 0.476. The molecule has 0 aliphatic carbocycles. The van der Waals surface area contributed by atoms with Crippen molar-refractivity contribution in [2.24, 2.45) is 5.41 Å². The Hall–Kier alpha value is -3.03. The van der Waals surface area contributed by atoms with Gasteiger partial charge in [-0.1, -0.05) is 20.8 Å². The van der Waals surface area contributed by atoms with Gasteiger partial charge in [0.25, 0.3) is 5.69 Å². The Labute approximate surface area is 170 Å². The van der Waals surface area contributed by atoms with Gasteiger partial charge in [-0.25, -0.2) is 9.97 Å². The number of carbonyl (C=O) groups is 1. The fourth-order valence-corrected chi connectivity index (χ4v) is 3.40. The predicted molar refractivity (Wildman–Crippen MR) is 112 cm³/mol. The van der Waals surface area contributed by atoms with Crippen molar-refractivity contribution in [1.82, 2.24) is 14.9 Å². The van der Waals surface area contributed by atoms with Crippen LogP contribution in [0.2, 0.25) is 0 Å². The zero-order valence-corrected chi connectivity index (χ0v) is 17.4. The summed E-state index contributed by atoms with van der Waals surface area (Å²) in [6.45, 7) is 10.7. The number of anilines is 1. The van der Waals surface area contributed by atoms with Crippen molar-refractivity contribution in [2.45, 2.75) is 34.1 Å². The van der Waals surface area contributed by atoms with E-state index in [4.69, 9.17) is 4.98 Å². The number of hydrogen-bond acceptors (Lipinski definition) is 6. The summed E-state index contributed by atoms with van der Waals surface area (Å²) in [5.74, 6) is 1.53. The van der Waals surface area contributed by atoms with E-state index in [1.807, 2.05) is 38.7 Å². The lowest BCUT2D eigenvalue weighted by molar-refractivity contribution is -0.384. The third kappa shape index (κ3) is 4.88. The summed E-state index contributed by atoms with van der Waals surface area (Å²) in [7, 11) is 0. The van der Waals surface area contributed by atoms with Crippen LogP contribution in [0.1, 0.15) is 32.9 Å². The Morgan fingerprint density at radius 1 is 1.07 bits per heavy atom. The lowest BCUT2D eigenvalue weighted by atomic mass is 9.94. The molecule has 1 aliphatic heterocycles. The highest BCUT2D eigenvalue weighted by molar-refractivity contribution is 5.81. The number of nitro benzene ring substituents is 1. The predicted octanol–water partition coefficient (Wildman–Crippen LogP) is 3.45. The van der Waals surface area contributed by atoms with Gasteiger partial charge in [-0.05, 0) is 25.5 Å². The molecule has 0 radical (unpaired) electrons. The van der Waals surface area contributed by atoms with Crippen molar-refractivity contribution in [3.63, 3.8) is 0 Å². The Kier molecular flexibility index (Phi) is 5.81. The van der Waals surface area contributed by atoms with Crippen LogP contribution >= 0.6 is 0 Å². The van der Waals surface area contributed by atoms with Crippen LogP contribution in [-0.4, -0.2) is 51.9 Å². The summed E-state index contributed by atoms with van der Waals surface area (Å²) in [5, 5.41) is 10.9. The summed E-state index contributed by atoms with van der Waals surface area (Å²) in [4.78, 5) is 36.4. The van der Waals surface area contributed by atoms with E-state index in [1.165, 1.54) is 12.1 Å². The molecule has 1 fully saturated rings. The van der Waals surface area contributed by atoms with Gasteiger partial charge in [0, 0.05) is 61.1 Å². The van der Waals surface area contributed by atoms with Crippen LogP contribution in [0, 0.1) is 22.5 Å². The molecule has 1 aromatic heterocycles. The number of carbonyl (C=O) groups excluding carboxylic acids is 1. The smallest absolute Gasteiger partial charge is 0.269 e. The standard InChI is InChI=1S/C21H27N5O3/c1-15-14-18(23-19(22-15)16-6-8-17(9-7-16)26(28)29)24-10-5-11-25(13-12-24)20(27)21(2,3)4/h6-9,14H,5,10-13H2,1-4H3. The maximum absolute atomic E-state index is 12.6. The molecule has 0 N–H and O–H groups in total. The van der Waals surface area contributed by atoms with Crippen molar-refractivity contribution in [3.8, 4) is 11.4 Å².